The number of hydrogen-bond acceptors (Lipinski definition) is 6. The maximum Gasteiger partial charge on any atom is 0.151 e. The molecule has 0 atom stereocenters. The van der Waals surface area contributed by atoms with Crippen molar-refractivity contribution in [1.82, 2.24) is 19.9 Å². The first kappa shape index (κ1) is 24.4. The second kappa shape index (κ2) is 9.93. The number of benzene rings is 4. The molecule has 1 aliphatic heterocycles. The molecule has 4 aromatic carbocycles. The molecular weight excluding hydrogens is 518 g/mol. The van der Waals surface area contributed by atoms with Crippen molar-refractivity contribution in [2.45, 2.75) is 26.2 Å². The maximum absolute atomic E-state index is 6.22. The number of hydrogen-bond donors (Lipinski definition) is 0. The molecule has 4 heterocycles. The fraction of sp³-hybridized carbons (Fsp3) is 0.111. The molecule has 42 heavy (non-hydrogen) atoms. The summed E-state index contributed by atoms with van der Waals surface area (Å²) in [6.07, 6.45) is 10.8. The number of fused-ring (bicyclic) bond motifs is 8. The first-order valence-corrected chi connectivity index (χ1v) is 14.4. The molecule has 202 valence electrons. The third kappa shape index (κ3) is 3.95. The molecule has 0 saturated carbocycles. The van der Waals surface area contributed by atoms with Gasteiger partial charge in [0.15, 0.2) is 11.5 Å². The fourth-order valence-corrected chi connectivity index (χ4v) is 5.90. The van der Waals surface area contributed by atoms with Crippen molar-refractivity contribution in [2.75, 3.05) is 4.90 Å². The van der Waals surface area contributed by atoms with Crippen LogP contribution in [0, 0.1) is 0 Å². The third-order valence-corrected chi connectivity index (χ3v) is 7.99. The molecule has 0 spiro atoms. The van der Waals surface area contributed by atoms with Gasteiger partial charge in [-0.2, -0.15) is 0 Å². The van der Waals surface area contributed by atoms with E-state index in [1.165, 1.54) is 18.4 Å². The molecular formula is C36H27N5O. The van der Waals surface area contributed by atoms with Gasteiger partial charge >= 0.3 is 0 Å². The number of rotatable bonds is 5. The number of para-hydroxylation sites is 4. The summed E-state index contributed by atoms with van der Waals surface area (Å²) in [5.74, 6) is 1.60. The Labute approximate surface area is 243 Å². The molecule has 0 unspecified atom stereocenters. The number of pyridine rings is 2. The minimum Gasteiger partial charge on any atom is -0.453 e. The molecule has 7 aromatic rings. The Kier molecular flexibility index (Phi) is 5.78. The minimum absolute atomic E-state index is 0.798. The topological polar surface area (TPSA) is 64.0 Å². The molecule has 0 aliphatic carbocycles. The van der Waals surface area contributed by atoms with Crippen molar-refractivity contribution in [2.24, 2.45) is 0 Å². The van der Waals surface area contributed by atoms with Crippen molar-refractivity contribution in [3.05, 3.63) is 115 Å². The SMILES string of the molecule is CCCCc1ccc(-c2cnc3c(c2)c2nccnc2c2cc(N4c5ccccc5Oc5ccccc54)cnc23)cc1. The summed E-state index contributed by atoms with van der Waals surface area (Å²) in [5.41, 5.74) is 9.61. The van der Waals surface area contributed by atoms with Gasteiger partial charge in [0, 0.05) is 34.9 Å². The Bertz CT molecular complexity index is 2060. The van der Waals surface area contributed by atoms with E-state index < -0.39 is 0 Å². The number of anilines is 3. The highest BCUT2D eigenvalue weighted by atomic mass is 16.5. The van der Waals surface area contributed by atoms with Gasteiger partial charge in [0.05, 0.1) is 45.3 Å². The molecule has 0 N–H and O–H groups in total. The van der Waals surface area contributed by atoms with Crippen LogP contribution in [-0.4, -0.2) is 19.9 Å². The highest BCUT2D eigenvalue weighted by Gasteiger charge is 2.26. The van der Waals surface area contributed by atoms with Crippen LogP contribution in [-0.2, 0) is 6.42 Å². The van der Waals surface area contributed by atoms with Gasteiger partial charge in [0.2, 0.25) is 0 Å². The zero-order valence-corrected chi connectivity index (χ0v) is 23.2. The number of nitrogens with zero attached hydrogens (tertiary/aromatic N) is 5. The molecule has 0 fully saturated rings. The molecule has 0 amide bonds. The van der Waals surface area contributed by atoms with Crippen LogP contribution in [0.3, 0.4) is 0 Å². The minimum atomic E-state index is 0.798. The largest absolute Gasteiger partial charge is 0.453 e. The van der Waals surface area contributed by atoms with Gasteiger partial charge in [-0.05, 0) is 60.4 Å². The average molecular weight is 546 g/mol. The normalized spacial score (nSPS) is 12.4. The lowest BCUT2D eigenvalue weighted by molar-refractivity contribution is 0.477. The molecule has 6 nitrogen and oxygen atoms in total. The summed E-state index contributed by atoms with van der Waals surface area (Å²) in [6, 6.07) is 29.2. The maximum atomic E-state index is 6.22. The highest BCUT2D eigenvalue weighted by Crippen LogP contribution is 2.50. The molecule has 0 bridgehead atoms. The van der Waals surface area contributed by atoms with E-state index in [2.05, 4.69) is 60.4 Å². The molecule has 0 radical (unpaired) electrons. The molecule has 3 aromatic heterocycles. The molecule has 0 saturated heterocycles. The fourth-order valence-electron chi connectivity index (χ4n) is 5.90. The molecule has 1 aliphatic rings. The van der Waals surface area contributed by atoms with E-state index in [0.29, 0.717) is 0 Å². The van der Waals surface area contributed by atoms with Crippen molar-refractivity contribution in [1.29, 1.82) is 0 Å². The Morgan fingerprint density at radius 2 is 1.21 bits per heavy atom. The van der Waals surface area contributed by atoms with E-state index >= 15 is 0 Å². The van der Waals surface area contributed by atoms with Gasteiger partial charge in [-0.15, -0.1) is 0 Å². The zero-order chi connectivity index (χ0) is 28.0. The van der Waals surface area contributed by atoms with Gasteiger partial charge in [-0.1, -0.05) is 61.9 Å². The van der Waals surface area contributed by atoms with Crippen LogP contribution in [0.4, 0.5) is 17.1 Å². The van der Waals surface area contributed by atoms with Crippen molar-refractivity contribution >= 4 is 49.9 Å². The predicted octanol–water partition coefficient (Wildman–Crippen LogP) is 9.31. The highest BCUT2D eigenvalue weighted by molar-refractivity contribution is 6.21. The lowest BCUT2D eigenvalue weighted by Crippen LogP contribution is -2.15. The van der Waals surface area contributed by atoms with Crippen LogP contribution >= 0.6 is 0 Å². The van der Waals surface area contributed by atoms with Gasteiger partial charge in [-0.25, -0.2) is 0 Å². The monoisotopic (exact) mass is 545 g/mol. The lowest BCUT2D eigenvalue weighted by atomic mass is 10.00. The summed E-state index contributed by atoms with van der Waals surface area (Å²) < 4.78 is 6.22. The second-order valence-corrected chi connectivity index (χ2v) is 10.6. The summed E-state index contributed by atoms with van der Waals surface area (Å²) >= 11 is 0. The standard InChI is InChI=1S/C36H27N5O/c1-2-3-8-23-13-15-24(16-14-23)25-19-27-33-34(38-18-17-37-33)28-20-26(22-40-36(28)35(27)39-21-25)41-29-9-4-6-11-31(29)42-32-12-7-5-10-30(32)41/h4-7,9-22H,2-3,8H2,1H3. The number of ether oxygens (including phenoxy) is 1. The van der Waals surface area contributed by atoms with E-state index in [1.54, 1.807) is 12.4 Å². The van der Waals surface area contributed by atoms with E-state index in [9.17, 15) is 0 Å². The van der Waals surface area contributed by atoms with Crippen molar-refractivity contribution in [3.63, 3.8) is 0 Å². The quantitative estimate of drug-likeness (QED) is 0.201. The van der Waals surface area contributed by atoms with Gasteiger partial charge in [0.25, 0.3) is 0 Å². The zero-order valence-electron chi connectivity index (χ0n) is 23.2. The number of unbranched alkanes of at least 4 members (excludes halogenated alkanes) is 1. The van der Waals surface area contributed by atoms with E-state index in [4.69, 9.17) is 24.7 Å². The Hall–Kier alpha value is -5.36. The van der Waals surface area contributed by atoms with Crippen LogP contribution in [0.5, 0.6) is 11.5 Å². The number of aryl methyl sites for hydroxylation is 1. The summed E-state index contributed by atoms with van der Waals surface area (Å²) in [4.78, 5) is 21.8. The Balaban J connectivity index is 1.30. The van der Waals surface area contributed by atoms with Gasteiger partial charge in [-0.3, -0.25) is 19.9 Å². The Morgan fingerprint density at radius 3 is 1.88 bits per heavy atom. The van der Waals surface area contributed by atoms with Gasteiger partial charge in [0.1, 0.15) is 0 Å². The van der Waals surface area contributed by atoms with Crippen molar-refractivity contribution < 1.29 is 4.74 Å². The van der Waals surface area contributed by atoms with Crippen LogP contribution < -0.4 is 9.64 Å². The van der Waals surface area contributed by atoms with E-state index in [0.717, 1.165) is 78.9 Å². The van der Waals surface area contributed by atoms with E-state index in [-0.39, 0.29) is 0 Å². The average Bonchev–Trinajstić information content (AvgIpc) is 3.06. The first-order chi connectivity index (χ1) is 20.8. The van der Waals surface area contributed by atoms with Gasteiger partial charge < -0.3 is 9.64 Å². The van der Waals surface area contributed by atoms with E-state index in [1.807, 2.05) is 48.8 Å². The number of aromatic nitrogens is 4. The smallest absolute Gasteiger partial charge is 0.151 e. The van der Waals surface area contributed by atoms with Crippen LogP contribution in [0.25, 0.3) is 44.0 Å². The third-order valence-electron chi connectivity index (χ3n) is 7.99. The van der Waals surface area contributed by atoms with Crippen molar-refractivity contribution in [3.8, 4) is 22.6 Å². The van der Waals surface area contributed by atoms with Crippen LogP contribution in [0.15, 0.2) is 110 Å². The Morgan fingerprint density at radius 1 is 0.619 bits per heavy atom. The summed E-state index contributed by atoms with van der Waals surface area (Å²) in [6.45, 7) is 2.22. The second-order valence-electron chi connectivity index (χ2n) is 10.6. The predicted molar refractivity (Wildman–Crippen MR) is 169 cm³/mol. The lowest BCUT2D eigenvalue weighted by Gasteiger charge is -2.32. The van der Waals surface area contributed by atoms with Crippen LogP contribution in [0.1, 0.15) is 25.3 Å². The summed E-state index contributed by atoms with van der Waals surface area (Å²) in [7, 11) is 0. The molecule has 6 heteroatoms. The molecule has 8 rings (SSSR count). The first-order valence-electron chi connectivity index (χ1n) is 14.4. The van der Waals surface area contributed by atoms with Crippen LogP contribution in [0.2, 0.25) is 0 Å². The summed E-state index contributed by atoms with van der Waals surface area (Å²) in [5, 5.41) is 1.85.